The Hall–Kier alpha value is -2.57. The molecular weight excluding hydrogens is 298 g/mol. The van der Waals surface area contributed by atoms with Crippen LogP contribution in [0.5, 0.6) is 5.75 Å². The topological polar surface area (TPSA) is 87.7 Å². The summed E-state index contributed by atoms with van der Waals surface area (Å²) >= 11 is 0. The molecule has 0 spiro atoms. The molecule has 2 N–H and O–H groups in total. The molecule has 23 heavy (non-hydrogen) atoms. The molecule has 1 fully saturated rings. The van der Waals surface area contributed by atoms with Crippen LogP contribution in [0.1, 0.15) is 26.7 Å². The molecule has 3 amide bonds. The lowest BCUT2D eigenvalue weighted by atomic mass is 10.2. The van der Waals surface area contributed by atoms with E-state index in [1.807, 2.05) is 0 Å². The number of nitrogens with zero attached hydrogens (tertiary/aromatic N) is 1. The first-order valence-electron chi connectivity index (χ1n) is 7.52. The van der Waals surface area contributed by atoms with Crippen LogP contribution in [0.2, 0.25) is 0 Å². The van der Waals surface area contributed by atoms with Crippen molar-refractivity contribution >= 4 is 29.1 Å². The third-order valence-corrected chi connectivity index (χ3v) is 3.43. The number of carbonyl (C=O) groups is 3. The summed E-state index contributed by atoms with van der Waals surface area (Å²) in [5.74, 6) is -0.915. The van der Waals surface area contributed by atoms with Crippen molar-refractivity contribution in [2.75, 3.05) is 23.9 Å². The van der Waals surface area contributed by atoms with Crippen LogP contribution in [-0.2, 0) is 14.4 Å². The standard InChI is InChI=1S/C16H21N3O4/c1-10(2)17-15(21)16(22)18-11-6-7-12(13(9-11)23-3)19-8-4-5-14(19)20/h6-7,9-10H,4-5,8H2,1-3H3,(H,17,21)(H,18,22). The minimum atomic E-state index is -0.745. The molecule has 0 aromatic heterocycles. The molecule has 2 rings (SSSR count). The van der Waals surface area contributed by atoms with E-state index in [2.05, 4.69) is 10.6 Å². The summed E-state index contributed by atoms with van der Waals surface area (Å²) in [6.45, 7) is 4.20. The van der Waals surface area contributed by atoms with Crippen LogP contribution in [-0.4, -0.2) is 37.4 Å². The molecule has 0 unspecified atom stereocenters. The molecular formula is C16H21N3O4. The number of anilines is 2. The smallest absolute Gasteiger partial charge is 0.313 e. The van der Waals surface area contributed by atoms with E-state index in [0.29, 0.717) is 30.1 Å². The van der Waals surface area contributed by atoms with Gasteiger partial charge in [-0.05, 0) is 32.4 Å². The lowest BCUT2D eigenvalue weighted by Crippen LogP contribution is -2.39. The van der Waals surface area contributed by atoms with Crippen molar-refractivity contribution in [2.45, 2.75) is 32.7 Å². The summed E-state index contributed by atoms with van der Waals surface area (Å²) < 4.78 is 5.31. The summed E-state index contributed by atoms with van der Waals surface area (Å²) in [4.78, 5) is 36.9. The second kappa shape index (κ2) is 7.13. The third kappa shape index (κ3) is 4.00. The third-order valence-electron chi connectivity index (χ3n) is 3.43. The first-order valence-corrected chi connectivity index (χ1v) is 7.52. The van der Waals surface area contributed by atoms with Gasteiger partial charge in [0.1, 0.15) is 5.75 Å². The van der Waals surface area contributed by atoms with Crippen molar-refractivity contribution in [1.82, 2.24) is 5.32 Å². The highest BCUT2D eigenvalue weighted by molar-refractivity contribution is 6.39. The van der Waals surface area contributed by atoms with E-state index in [1.165, 1.54) is 7.11 Å². The Morgan fingerprint density at radius 2 is 2.00 bits per heavy atom. The molecule has 0 aliphatic carbocycles. The quantitative estimate of drug-likeness (QED) is 0.819. The highest BCUT2D eigenvalue weighted by Gasteiger charge is 2.25. The average Bonchev–Trinajstić information content (AvgIpc) is 2.92. The molecule has 7 nitrogen and oxygen atoms in total. The van der Waals surface area contributed by atoms with Gasteiger partial charge in [-0.25, -0.2) is 0 Å². The molecule has 0 bridgehead atoms. The van der Waals surface area contributed by atoms with Crippen LogP contribution < -0.4 is 20.3 Å². The van der Waals surface area contributed by atoms with Gasteiger partial charge < -0.3 is 20.3 Å². The van der Waals surface area contributed by atoms with E-state index in [1.54, 1.807) is 36.9 Å². The minimum absolute atomic E-state index is 0.0522. The predicted octanol–water partition coefficient (Wildman–Crippen LogP) is 1.29. The van der Waals surface area contributed by atoms with Crippen molar-refractivity contribution in [1.29, 1.82) is 0 Å². The number of rotatable bonds is 4. The second-order valence-corrected chi connectivity index (χ2v) is 5.62. The van der Waals surface area contributed by atoms with Crippen molar-refractivity contribution in [3.63, 3.8) is 0 Å². The Labute approximate surface area is 135 Å². The summed E-state index contributed by atoms with van der Waals surface area (Å²) in [7, 11) is 1.50. The van der Waals surface area contributed by atoms with Crippen LogP contribution >= 0.6 is 0 Å². The van der Waals surface area contributed by atoms with Crippen molar-refractivity contribution in [3.8, 4) is 5.75 Å². The lowest BCUT2D eigenvalue weighted by Gasteiger charge is -2.19. The van der Waals surface area contributed by atoms with Crippen LogP contribution in [0.25, 0.3) is 0 Å². The largest absolute Gasteiger partial charge is 0.494 e. The first kappa shape index (κ1) is 16.8. The summed E-state index contributed by atoms with van der Waals surface area (Å²) in [6, 6.07) is 4.83. The SMILES string of the molecule is COc1cc(NC(=O)C(=O)NC(C)C)ccc1N1CCCC1=O. The molecule has 0 atom stereocenters. The summed E-state index contributed by atoms with van der Waals surface area (Å²) in [6.07, 6.45) is 1.34. The molecule has 0 saturated carbocycles. The van der Waals surface area contributed by atoms with E-state index in [9.17, 15) is 14.4 Å². The average molecular weight is 319 g/mol. The maximum atomic E-state index is 11.8. The van der Waals surface area contributed by atoms with E-state index < -0.39 is 11.8 Å². The van der Waals surface area contributed by atoms with Crippen molar-refractivity contribution in [2.24, 2.45) is 0 Å². The minimum Gasteiger partial charge on any atom is -0.494 e. The highest BCUT2D eigenvalue weighted by Crippen LogP contribution is 2.33. The van der Waals surface area contributed by atoms with Gasteiger partial charge in [-0.15, -0.1) is 0 Å². The number of amides is 3. The van der Waals surface area contributed by atoms with E-state index in [-0.39, 0.29) is 11.9 Å². The maximum Gasteiger partial charge on any atom is 0.313 e. The Kier molecular flexibility index (Phi) is 5.20. The van der Waals surface area contributed by atoms with E-state index in [4.69, 9.17) is 4.74 Å². The van der Waals surface area contributed by atoms with Gasteiger partial charge in [0, 0.05) is 30.8 Å². The Balaban J connectivity index is 2.14. The fourth-order valence-corrected chi connectivity index (χ4v) is 2.40. The van der Waals surface area contributed by atoms with E-state index in [0.717, 1.165) is 6.42 Å². The molecule has 1 aliphatic heterocycles. The second-order valence-electron chi connectivity index (χ2n) is 5.62. The van der Waals surface area contributed by atoms with Gasteiger partial charge >= 0.3 is 11.8 Å². The predicted molar refractivity (Wildman–Crippen MR) is 86.5 cm³/mol. The molecule has 124 valence electrons. The number of methoxy groups -OCH3 is 1. The number of carbonyl (C=O) groups excluding carboxylic acids is 3. The van der Waals surface area contributed by atoms with Gasteiger partial charge in [-0.2, -0.15) is 0 Å². The van der Waals surface area contributed by atoms with Gasteiger partial charge in [-0.3, -0.25) is 14.4 Å². The number of hydrogen-bond donors (Lipinski definition) is 2. The molecule has 1 aliphatic rings. The zero-order chi connectivity index (χ0) is 17.0. The van der Waals surface area contributed by atoms with Crippen LogP contribution in [0, 0.1) is 0 Å². The van der Waals surface area contributed by atoms with Gasteiger partial charge in [0.15, 0.2) is 0 Å². The Morgan fingerprint density at radius 1 is 1.26 bits per heavy atom. The molecule has 1 aromatic rings. The number of benzene rings is 1. The number of ether oxygens (including phenoxy) is 1. The lowest BCUT2D eigenvalue weighted by molar-refractivity contribution is -0.136. The monoisotopic (exact) mass is 319 g/mol. The van der Waals surface area contributed by atoms with Gasteiger partial charge in [-0.1, -0.05) is 0 Å². The fraction of sp³-hybridized carbons (Fsp3) is 0.438. The normalized spacial score (nSPS) is 14.1. The highest BCUT2D eigenvalue weighted by atomic mass is 16.5. The van der Waals surface area contributed by atoms with Crippen molar-refractivity contribution < 1.29 is 19.1 Å². The van der Waals surface area contributed by atoms with Crippen LogP contribution in [0.3, 0.4) is 0 Å². The Morgan fingerprint density at radius 3 is 2.57 bits per heavy atom. The zero-order valence-corrected chi connectivity index (χ0v) is 13.5. The van der Waals surface area contributed by atoms with Gasteiger partial charge in [0.2, 0.25) is 5.91 Å². The zero-order valence-electron chi connectivity index (χ0n) is 13.5. The number of hydrogen-bond acceptors (Lipinski definition) is 4. The Bertz CT molecular complexity index is 628. The molecule has 1 aromatic carbocycles. The summed E-state index contributed by atoms with van der Waals surface area (Å²) in [5, 5.41) is 5.03. The van der Waals surface area contributed by atoms with Crippen LogP contribution in [0.4, 0.5) is 11.4 Å². The van der Waals surface area contributed by atoms with E-state index >= 15 is 0 Å². The van der Waals surface area contributed by atoms with Gasteiger partial charge in [0.25, 0.3) is 0 Å². The van der Waals surface area contributed by atoms with Crippen molar-refractivity contribution in [3.05, 3.63) is 18.2 Å². The fourth-order valence-electron chi connectivity index (χ4n) is 2.40. The number of nitrogens with one attached hydrogen (secondary N) is 2. The first-order chi connectivity index (χ1) is 10.9. The van der Waals surface area contributed by atoms with Gasteiger partial charge in [0.05, 0.1) is 12.8 Å². The molecule has 1 saturated heterocycles. The molecule has 1 heterocycles. The molecule has 7 heteroatoms. The molecule has 0 radical (unpaired) electrons. The maximum absolute atomic E-state index is 11.8. The summed E-state index contributed by atoms with van der Waals surface area (Å²) in [5.41, 5.74) is 1.10. The van der Waals surface area contributed by atoms with Crippen LogP contribution in [0.15, 0.2) is 18.2 Å².